The molecule has 1 fully saturated rings. The number of aromatic hydroxyl groups is 1. The van der Waals surface area contributed by atoms with Gasteiger partial charge in [-0.1, -0.05) is 17.7 Å². The fourth-order valence-electron chi connectivity index (χ4n) is 5.23. The molecule has 0 radical (unpaired) electrons. The van der Waals surface area contributed by atoms with Gasteiger partial charge < -0.3 is 14.6 Å². The third-order valence-electron chi connectivity index (χ3n) is 7.56. The Morgan fingerprint density at radius 2 is 1.55 bits per heavy atom. The molecule has 0 atom stereocenters. The second-order valence-electron chi connectivity index (χ2n) is 11.3. The van der Waals surface area contributed by atoms with Crippen molar-refractivity contribution in [3.63, 3.8) is 0 Å². The predicted octanol–water partition coefficient (Wildman–Crippen LogP) is 6.34. The molecule has 7 nitrogen and oxygen atoms in total. The van der Waals surface area contributed by atoms with Crippen LogP contribution in [0.5, 0.6) is 5.75 Å². The molecule has 0 unspecified atom stereocenters. The van der Waals surface area contributed by atoms with E-state index in [-0.39, 0.29) is 44.4 Å². The average molecular weight is 604 g/mol. The number of phenolic OH excluding ortho intramolecular Hbond substituents is 1. The zero-order valence-corrected chi connectivity index (χ0v) is 24.3. The smallest absolute Gasteiger partial charge is 0.435 e. The summed E-state index contributed by atoms with van der Waals surface area (Å²) in [4.78, 5) is 19.9. The Bertz CT molecular complexity index is 1700. The van der Waals surface area contributed by atoms with Gasteiger partial charge in [-0.2, -0.15) is 13.2 Å². The number of aryl methyl sites for hydroxylation is 1. The first kappa shape index (κ1) is 29.7. The molecular weight excluding hydrogens is 574 g/mol. The van der Waals surface area contributed by atoms with Crippen LogP contribution < -0.4 is 10.6 Å². The molecule has 3 heterocycles. The lowest BCUT2D eigenvalue weighted by Gasteiger charge is -2.43. The number of nitrogens with zero attached hydrogens (tertiary/aromatic N) is 5. The molecule has 1 saturated heterocycles. The van der Waals surface area contributed by atoms with E-state index in [1.54, 1.807) is 36.5 Å². The molecule has 0 aliphatic carbocycles. The fourth-order valence-corrected chi connectivity index (χ4v) is 5.51. The van der Waals surface area contributed by atoms with Crippen LogP contribution >= 0.6 is 11.6 Å². The van der Waals surface area contributed by atoms with Crippen LogP contribution in [0.2, 0.25) is 5.02 Å². The van der Waals surface area contributed by atoms with E-state index in [2.05, 4.69) is 30.7 Å². The van der Waals surface area contributed by atoms with Crippen LogP contribution in [0.15, 0.2) is 59.8 Å². The summed E-state index contributed by atoms with van der Waals surface area (Å²) in [6.07, 6.45) is -0.579. The largest absolute Gasteiger partial charge is 0.507 e. The van der Waals surface area contributed by atoms with Gasteiger partial charge >= 0.3 is 11.9 Å². The molecule has 1 N–H and O–H groups in total. The number of alkyl halides is 3. The van der Waals surface area contributed by atoms with Gasteiger partial charge in [0.15, 0.2) is 5.69 Å². The van der Waals surface area contributed by atoms with Crippen LogP contribution in [0.25, 0.3) is 27.9 Å². The Hall–Kier alpha value is -3.83. The van der Waals surface area contributed by atoms with Gasteiger partial charge in [-0.05, 0) is 56.7 Å². The second kappa shape index (κ2) is 10.8. The Kier molecular flexibility index (Phi) is 7.61. The normalized spacial score (nSPS) is 14.9. The summed E-state index contributed by atoms with van der Waals surface area (Å²) >= 11 is 6.48. The molecule has 0 amide bonds. The van der Waals surface area contributed by atoms with Crippen LogP contribution in [0.4, 0.5) is 23.2 Å². The van der Waals surface area contributed by atoms with Gasteiger partial charge in [-0.25, -0.2) is 14.2 Å². The van der Waals surface area contributed by atoms with E-state index in [0.717, 1.165) is 18.3 Å². The van der Waals surface area contributed by atoms with Crippen molar-refractivity contribution < 1.29 is 22.7 Å². The number of benzene rings is 2. The van der Waals surface area contributed by atoms with E-state index in [0.29, 0.717) is 37.4 Å². The third-order valence-corrected chi connectivity index (χ3v) is 7.86. The Balaban J connectivity index is 1.55. The lowest BCUT2D eigenvalue weighted by molar-refractivity contribution is -0.140. The number of aromatic nitrogens is 3. The van der Waals surface area contributed by atoms with Crippen molar-refractivity contribution in [1.29, 1.82) is 0 Å². The van der Waals surface area contributed by atoms with Crippen molar-refractivity contribution in [2.75, 3.05) is 31.1 Å². The van der Waals surface area contributed by atoms with Crippen molar-refractivity contribution >= 4 is 17.3 Å². The van der Waals surface area contributed by atoms with E-state index in [1.807, 2.05) is 0 Å². The molecule has 0 spiro atoms. The van der Waals surface area contributed by atoms with Gasteiger partial charge in [-0.3, -0.25) is 9.47 Å². The standard InChI is InChI=1S/C30H30ClF4N5O2/c1-29(2,3)39-10-8-38(9-11-39)25-14-19(17-36-27(25)30(33,34)35)22-16-20(32)15-21(26(22)41)18-5-6-24(23(31)13-18)40-12-7-37(4)28(40)42/h5-7,12-17,41H,8-11H2,1-4H3. The summed E-state index contributed by atoms with van der Waals surface area (Å²) < 4.78 is 59.7. The van der Waals surface area contributed by atoms with Gasteiger partial charge in [0.2, 0.25) is 0 Å². The summed E-state index contributed by atoms with van der Waals surface area (Å²) in [6.45, 7) is 7.98. The monoisotopic (exact) mass is 603 g/mol. The molecule has 12 heteroatoms. The zero-order chi connectivity index (χ0) is 30.6. The molecule has 0 saturated carbocycles. The summed E-state index contributed by atoms with van der Waals surface area (Å²) in [5, 5.41) is 11.4. The van der Waals surface area contributed by atoms with E-state index in [9.17, 15) is 27.5 Å². The number of phenols is 1. The highest BCUT2D eigenvalue weighted by atomic mass is 35.5. The highest BCUT2D eigenvalue weighted by molar-refractivity contribution is 6.32. The number of piperazine rings is 1. The average Bonchev–Trinajstić information content (AvgIpc) is 3.26. The Morgan fingerprint density at radius 3 is 2.10 bits per heavy atom. The quantitative estimate of drug-likeness (QED) is 0.276. The lowest BCUT2D eigenvalue weighted by atomic mass is 9.97. The fraction of sp³-hybridized carbons (Fsp3) is 0.333. The molecule has 4 aromatic rings. The van der Waals surface area contributed by atoms with E-state index in [1.165, 1.54) is 21.3 Å². The van der Waals surface area contributed by atoms with E-state index >= 15 is 0 Å². The second-order valence-corrected chi connectivity index (χ2v) is 11.7. The number of hydrogen-bond donors (Lipinski definition) is 1. The van der Waals surface area contributed by atoms with Crippen molar-refractivity contribution in [2.24, 2.45) is 7.05 Å². The zero-order valence-electron chi connectivity index (χ0n) is 23.5. The first-order valence-corrected chi connectivity index (χ1v) is 13.7. The minimum Gasteiger partial charge on any atom is -0.507 e. The van der Waals surface area contributed by atoms with Crippen LogP contribution in [0, 0.1) is 5.82 Å². The number of rotatable bonds is 4. The summed E-state index contributed by atoms with van der Waals surface area (Å²) in [5.74, 6) is -1.06. The molecule has 222 valence electrons. The maximum Gasteiger partial charge on any atom is 0.435 e. The van der Waals surface area contributed by atoms with Crippen molar-refractivity contribution in [3.05, 3.63) is 82.0 Å². The van der Waals surface area contributed by atoms with Crippen molar-refractivity contribution in [1.82, 2.24) is 19.0 Å². The molecule has 42 heavy (non-hydrogen) atoms. The minimum atomic E-state index is -4.70. The molecule has 2 aromatic heterocycles. The SMILES string of the molecule is Cn1ccn(-c2ccc(-c3cc(F)cc(-c4cnc(C(F)(F)F)c(N5CCN(C(C)(C)C)CC5)c4)c3O)cc2Cl)c1=O. The van der Waals surface area contributed by atoms with Crippen LogP contribution in [0.3, 0.4) is 0 Å². The van der Waals surface area contributed by atoms with Crippen LogP contribution in [-0.4, -0.2) is 55.8 Å². The minimum absolute atomic E-state index is 0.0136. The number of imidazole rings is 1. The number of pyridine rings is 1. The summed E-state index contributed by atoms with van der Waals surface area (Å²) in [6, 6.07) is 8.10. The van der Waals surface area contributed by atoms with Gasteiger partial charge in [0.1, 0.15) is 11.6 Å². The third kappa shape index (κ3) is 5.63. The van der Waals surface area contributed by atoms with Crippen molar-refractivity contribution in [2.45, 2.75) is 32.5 Å². The predicted molar refractivity (Wildman–Crippen MR) is 155 cm³/mol. The first-order valence-electron chi connectivity index (χ1n) is 13.3. The highest BCUT2D eigenvalue weighted by Gasteiger charge is 2.38. The van der Waals surface area contributed by atoms with Gasteiger partial charge in [0.05, 0.1) is 16.4 Å². The maximum absolute atomic E-state index is 14.9. The summed E-state index contributed by atoms with van der Waals surface area (Å²) in [5.41, 5.74) is -0.654. The molecule has 1 aliphatic rings. The number of anilines is 1. The topological polar surface area (TPSA) is 66.5 Å². The molecule has 1 aliphatic heterocycles. The Morgan fingerprint density at radius 1 is 0.905 bits per heavy atom. The number of halogens is 5. The summed E-state index contributed by atoms with van der Waals surface area (Å²) in [7, 11) is 1.60. The van der Waals surface area contributed by atoms with Gasteiger partial charge in [0.25, 0.3) is 0 Å². The van der Waals surface area contributed by atoms with Gasteiger partial charge in [0, 0.05) is 74.0 Å². The van der Waals surface area contributed by atoms with Crippen molar-refractivity contribution in [3.8, 4) is 33.7 Å². The number of hydrogen-bond acceptors (Lipinski definition) is 5. The highest BCUT2D eigenvalue weighted by Crippen LogP contribution is 2.43. The molecular formula is C30H30ClF4N5O2. The molecule has 5 rings (SSSR count). The maximum atomic E-state index is 14.9. The van der Waals surface area contributed by atoms with E-state index in [4.69, 9.17) is 11.6 Å². The Labute approximate surface area is 245 Å². The van der Waals surface area contributed by atoms with E-state index < -0.39 is 17.7 Å². The first-order chi connectivity index (χ1) is 19.6. The molecule has 2 aromatic carbocycles. The van der Waals surface area contributed by atoms with Crippen LogP contribution in [-0.2, 0) is 13.2 Å². The molecule has 0 bridgehead atoms. The lowest BCUT2D eigenvalue weighted by Crippen LogP contribution is -2.53. The van der Waals surface area contributed by atoms with Gasteiger partial charge in [-0.15, -0.1) is 0 Å². The van der Waals surface area contributed by atoms with Crippen LogP contribution in [0.1, 0.15) is 26.5 Å².